The number of nitrogens with zero attached hydrogens (tertiary/aromatic N) is 2. The summed E-state index contributed by atoms with van der Waals surface area (Å²) in [5, 5.41) is 15.5. The molecule has 0 saturated carbocycles. The Balaban J connectivity index is 1.50. The largest absolute Gasteiger partial charge is 0.465 e. The van der Waals surface area contributed by atoms with Crippen LogP contribution in [0.5, 0.6) is 0 Å². The van der Waals surface area contributed by atoms with E-state index in [9.17, 15) is 9.59 Å². The van der Waals surface area contributed by atoms with Gasteiger partial charge in [0, 0.05) is 29.9 Å². The number of imidazole rings is 1. The molecule has 3 aromatic carbocycles. The first-order valence-corrected chi connectivity index (χ1v) is 10.7. The van der Waals surface area contributed by atoms with E-state index in [-0.39, 0.29) is 11.7 Å². The van der Waals surface area contributed by atoms with E-state index in [0.29, 0.717) is 30.8 Å². The third-order valence-electron chi connectivity index (χ3n) is 5.93. The van der Waals surface area contributed by atoms with Crippen LogP contribution in [0.1, 0.15) is 21.6 Å². The van der Waals surface area contributed by atoms with Crippen molar-refractivity contribution < 1.29 is 14.7 Å². The van der Waals surface area contributed by atoms with Gasteiger partial charge < -0.3 is 15.1 Å². The molecule has 1 atom stereocenters. The van der Waals surface area contributed by atoms with Crippen molar-refractivity contribution in [2.45, 2.75) is 13.0 Å². The van der Waals surface area contributed by atoms with E-state index in [4.69, 9.17) is 5.11 Å². The molecule has 1 aromatic heterocycles. The number of hydrogen-bond donors (Lipinski definition) is 4. The lowest BCUT2D eigenvalue weighted by Gasteiger charge is -2.25. The molecule has 0 radical (unpaired) electrons. The summed E-state index contributed by atoms with van der Waals surface area (Å²) >= 11 is 0. The number of carboxylic acid groups (broad SMARTS) is 1. The van der Waals surface area contributed by atoms with Gasteiger partial charge in [0.1, 0.15) is 0 Å². The molecular formula is C25H23N5O3. The fraction of sp³-hybridized carbons (Fsp3) is 0.160. The number of amides is 1. The maximum absolute atomic E-state index is 13.6. The molecule has 33 heavy (non-hydrogen) atoms. The Morgan fingerprint density at radius 1 is 1.12 bits per heavy atom. The van der Waals surface area contributed by atoms with Crippen LogP contribution in [0.3, 0.4) is 0 Å². The molecule has 8 nitrogen and oxygen atoms in total. The minimum atomic E-state index is -1.12. The topological polar surface area (TPSA) is 110 Å². The number of aromatic nitrogens is 2. The Labute approximate surface area is 190 Å². The molecular weight excluding hydrogens is 418 g/mol. The van der Waals surface area contributed by atoms with Gasteiger partial charge in [-0.3, -0.25) is 10.1 Å². The second kappa shape index (κ2) is 8.76. The van der Waals surface area contributed by atoms with Crippen molar-refractivity contribution in [2.24, 2.45) is 5.92 Å². The molecule has 1 amide bonds. The number of Topliss-reactive ketones (excluding diaryl/α,β-unsaturated/α-hetero) is 1. The van der Waals surface area contributed by atoms with Crippen molar-refractivity contribution in [2.75, 3.05) is 16.9 Å². The molecule has 0 spiro atoms. The van der Waals surface area contributed by atoms with Crippen molar-refractivity contribution in [1.82, 2.24) is 15.4 Å². The number of hydrazine groups is 1. The Morgan fingerprint density at radius 3 is 2.79 bits per heavy atom. The highest BCUT2D eigenvalue weighted by molar-refractivity contribution is 6.09. The highest BCUT2D eigenvalue weighted by Crippen LogP contribution is 2.31. The number of carbonyl (C=O) groups excluding carboxylic acids is 1. The molecule has 0 aliphatic carbocycles. The number of carbonyl (C=O) groups is 2. The minimum Gasteiger partial charge on any atom is -0.465 e. The van der Waals surface area contributed by atoms with Crippen molar-refractivity contribution in [3.63, 3.8) is 0 Å². The number of fused-ring (bicyclic) bond motifs is 2. The molecule has 1 aliphatic rings. The number of ketones is 1. The zero-order valence-electron chi connectivity index (χ0n) is 17.8. The fourth-order valence-electron chi connectivity index (χ4n) is 4.36. The summed E-state index contributed by atoms with van der Waals surface area (Å²) in [5.74, 6) is -0.194. The van der Waals surface area contributed by atoms with Crippen LogP contribution in [0, 0.1) is 5.92 Å². The van der Waals surface area contributed by atoms with E-state index < -0.39 is 6.09 Å². The van der Waals surface area contributed by atoms with Gasteiger partial charge in [-0.25, -0.2) is 15.2 Å². The molecule has 166 valence electrons. The molecule has 5 rings (SSSR count). The Kier molecular flexibility index (Phi) is 5.50. The average molecular weight is 441 g/mol. The predicted octanol–water partition coefficient (Wildman–Crippen LogP) is 4.22. The Morgan fingerprint density at radius 2 is 1.97 bits per heavy atom. The summed E-state index contributed by atoms with van der Waals surface area (Å²) in [5.41, 5.74) is 7.26. The van der Waals surface area contributed by atoms with E-state index in [1.807, 2.05) is 53.5 Å². The van der Waals surface area contributed by atoms with Gasteiger partial charge in [0.2, 0.25) is 0 Å². The molecule has 4 N–H and O–H groups in total. The molecule has 4 aromatic rings. The normalized spacial score (nSPS) is 15.6. The Bertz CT molecular complexity index is 1310. The summed E-state index contributed by atoms with van der Waals surface area (Å²) < 4.78 is 0. The summed E-state index contributed by atoms with van der Waals surface area (Å²) in [6, 6.07) is 19.1. The number of hydrogen-bond acceptors (Lipinski definition) is 5. The van der Waals surface area contributed by atoms with Gasteiger partial charge in [0.25, 0.3) is 0 Å². The smallest absolute Gasteiger partial charge is 0.409 e. The van der Waals surface area contributed by atoms with Gasteiger partial charge in [0.05, 0.1) is 24.3 Å². The second-order valence-electron chi connectivity index (χ2n) is 8.09. The third kappa shape index (κ3) is 4.28. The van der Waals surface area contributed by atoms with Crippen LogP contribution in [0.15, 0.2) is 73.2 Å². The van der Waals surface area contributed by atoms with Gasteiger partial charge in [-0.2, -0.15) is 0 Å². The van der Waals surface area contributed by atoms with E-state index in [1.54, 1.807) is 24.7 Å². The lowest BCUT2D eigenvalue weighted by Crippen LogP contribution is -2.40. The number of aromatic amines is 1. The van der Waals surface area contributed by atoms with E-state index >= 15 is 0 Å². The van der Waals surface area contributed by atoms with Crippen LogP contribution in [0.2, 0.25) is 0 Å². The summed E-state index contributed by atoms with van der Waals surface area (Å²) in [7, 11) is 0. The molecule has 0 fully saturated rings. The monoisotopic (exact) mass is 441 g/mol. The highest BCUT2D eigenvalue weighted by Gasteiger charge is 2.28. The average Bonchev–Trinajstić information content (AvgIpc) is 3.27. The van der Waals surface area contributed by atoms with E-state index in [1.165, 1.54) is 0 Å². The van der Waals surface area contributed by atoms with Gasteiger partial charge in [-0.15, -0.1) is 0 Å². The highest BCUT2D eigenvalue weighted by atomic mass is 16.4. The van der Waals surface area contributed by atoms with Gasteiger partial charge in [0.15, 0.2) is 5.78 Å². The van der Waals surface area contributed by atoms with Crippen LogP contribution in [0.25, 0.3) is 10.8 Å². The van der Waals surface area contributed by atoms with E-state index in [0.717, 1.165) is 27.7 Å². The number of benzene rings is 3. The van der Waals surface area contributed by atoms with Crippen LogP contribution < -0.4 is 15.8 Å². The minimum absolute atomic E-state index is 0.0846. The predicted molar refractivity (Wildman–Crippen MR) is 126 cm³/mol. The molecule has 0 saturated heterocycles. The van der Waals surface area contributed by atoms with Crippen molar-refractivity contribution in [3.05, 3.63) is 90.0 Å². The first-order valence-electron chi connectivity index (χ1n) is 10.7. The summed E-state index contributed by atoms with van der Waals surface area (Å²) in [6.45, 7) is 0.936. The maximum atomic E-state index is 13.6. The van der Waals surface area contributed by atoms with Crippen LogP contribution in [-0.4, -0.2) is 33.5 Å². The van der Waals surface area contributed by atoms with Crippen LogP contribution >= 0.6 is 0 Å². The van der Waals surface area contributed by atoms with Gasteiger partial charge in [-0.1, -0.05) is 48.5 Å². The van der Waals surface area contributed by atoms with Crippen LogP contribution in [0.4, 0.5) is 16.2 Å². The molecule has 2 heterocycles. The zero-order valence-corrected chi connectivity index (χ0v) is 17.8. The zero-order chi connectivity index (χ0) is 22.8. The van der Waals surface area contributed by atoms with Crippen molar-refractivity contribution >= 4 is 34.0 Å². The van der Waals surface area contributed by atoms with E-state index in [2.05, 4.69) is 20.7 Å². The fourth-order valence-corrected chi connectivity index (χ4v) is 4.36. The lowest BCUT2D eigenvalue weighted by molar-refractivity contribution is 0.0921. The number of rotatable bonds is 5. The number of nitrogens with one attached hydrogen (secondary N) is 3. The molecule has 1 aliphatic heterocycles. The Hall–Kier alpha value is -4.17. The molecule has 1 unspecified atom stereocenters. The first kappa shape index (κ1) is 20.7. The maximum Gasteiger partial charge on any atom is 0.409 e. The van der Waals surface area contributed by atoms with Gasteiger partial charge in [-0.05, 0) is 34.9 Å². The second-order valence-corrected chi connectivity index (χ2v) is 8.09. The van der Waals surface area contributed by atoms with Crippen molar-refractivity contribution in [1.29, 1.82) is 0 Å². The first-order chi connectivity index (χ1) is 16.1. The molecule has 0 bridgehead atoms. The number of H-pyrrole nitrogens is 1. The third-order valence-corrected chi connectivity index (χ3v) is 5.93. The lowest BCUT2D eigenvalue weighted by atomic mass is 9.89. The molecule has 8 heteroatoms. The summed E-state index contributed by atoms with van der Waals surface area (Å²) in [6.07, 6.45) is 2.77. The number of anilines is 2. The SMILES string of the molecule is O=C(O)Nc1ccc2c(c1)N(Cc1cnc[nH]1)NCC(C(=O)c1cccc3ccccc13)C2. The standard InChI is InChI=1S/C25H23N5O3/c31-24(22-7-3-5-16-4-1-2-6-21(16)22)18-10-17-8-9-19(29-25(32)33)11-23(17)30(28-12-18)14-20-13-26-15-27-20/h1-9,11,13,15,18,28-29H,10,12,14H2,(H,26,27)(H,32,33). The van der Waals surface area contributed by atoms with Gasteiger partial charge >= 0.3 is 6.09 Å². The van der Waals surface area contributed by atoms with Crippen LogP contribution in [-0.2, 0) is 13.0 Å². The summed E-state index contributed by atoms with van der Waals surface area (Å²) in [4.78, 5) is 32.0. The van der Waals surface area contributed by atoms with Crippen molar-refractivity contribution in [3.8, 4) is 0 Å². The quantitative estimate of drug-likeness (QED) is 0.345.